The van der Waals surface area contributed by atoms with Crippen LogP contribution in [0.15, 0.2) is 12.4 Å². The summed E-state index contributed by atoms with van der Waals surface area (Å²) in [5.74, 6) is 1.91. The average Bonchev–Trinajstić information content (AvgIpc) is 2.49. The van der Waals surface area contributed by atoms with Crippen LogP contribution in [0.4, 0.5) is 11.6 Å². The molecule has 2 heterocycles. The molecule has 2 rings (SSSR count). The molecule has 106 valence electrons. The topological polar surface area (TPSA) is 52.5 Å². The summed E-state index contributed by atoms with van der Waals surface area (Å²) < 4.78 is 0. The van der Waals surface area contributed by atoms with Crippen molar-refractivity contribution in [2.45, 2.75) is 39.2 Å². The number of rotatable bonds is 5. The summed E-state index contributed by atoms with van der Waals surface area (Å²) in [6.07, 6.45) is 5.03. The van der Waals surface area contributed by atoms with E-state index in [0.29, 0.717) is 0 Å². The minimum Gasteiger partial charge on any atom is -0.394 e. The van der Waals surface area contributed by atoms with Crippen LogP contribution in [-0.2, 0) is 0 Å². The van der Waals surface area contributed by atoms with Crippen LogP contribution >= 0.6 is 0 Å². The van der Waals surface area contributed by atoms with E-state index in [9.17, 15) is 5.11 Å². The number of nitrogens with zero attached hydrogens (tertiary/aromatic N) is 4. The number of aliphatic hydroxyl groups is 1. The van der Waals surface area contributed by atoms with Gasteiger partial charge in [0.2, 0.25) is 0 Å². The Morgan fingerprint density at radius 1 is 1.32 bits per heavy atom. The maximum absolute atomic E-state index is 9.50. The SMILES string of the molecule is CCN(CC)c1cc(N2CCCCC2CO)ncn1. The van der Waals surface area contributed by atoms with Gasteiger partial charge in [-0.1, -0.05) is 0 Å². The van der Waals surface area contributed by atoms with Crippen molar-refractivity contribution in [2.24, 2.45) is 0 Å². The third-order valence-electron chi connectivity index (χ3n) is 3.86. The first kappa shape index (κ1) is 14.1. The molecule has 1 atom stereocenters. The van der Waals surface area contributed by atoms with Gasteiger partial charge < -0.3 is 14.9 Å². The molecule has 1 unspecified atom stereocenters. The van der Waals surface area contributed by atoms with Crippen LogP contribution in [0.1, 0.15) is 33.1 Å². The molecule has 0 spiro atoms. The summed E-state index contributed by atoms with van der Waals surface area (Å²) >= 11 is 0. The van der Waals surface area contributed by atoms with Crippen LogP contribution in [0.2, 0.25) is 0 Å². The summed E-state index contributed by atoms with van der Waals surface area (Å²) in [5, 5.41) is 9.50. The molecule has 5 nitrogen and oxygen atoms in total. The molecule has 0 saturated carbocycles. The second-order valence-corrected chi connectivity index (χ2v) is 4.93. The van der Waals surface area contributed by atoms with Gasteiger partial charge in [0.05, 0.1) is 12.6 Å². The molecule has 0 amide bonds. The van der Waals surface area contributed by atoms with Crippen molar-refractivity contribution >= 4 is 11.6 Å². The zero-order valence-corrected chi connectivity index (χ0v) is 11.9. The number of hydrogen-bond acceptors (Lipinski definition) is 5. The summed E-state index contributed by atoms with van der Waals surface area (Å²) in [7, 11) is 0. The second kappa shape index (κ2) is 6.70. The van der Waals surface area contributed by atoms with E-state index < -0.39 is 0 Å². The monoisotopic (exact) mass is 264 g/mol. The van der Waals surface area contributed by atoms with Gasteiger partial charge in [0.1, 0.15) is 18.0 Å². The highest BCUT2D eigenvalue weighted by molar-refractivity contribution is 5.50. The minimum absolute atomic E-state index is 0.199. The predicted octanol–water partition coefficient (Wildman–Crippen LogP) is 1.67. The van der Waals surface area contributed by atoms with Gasteiger partial charge in [-0.2, -0.15) is 0 Å². The first-order chi connectivity index (χ1) is 9.30. The van der Waals surface area contributed by atoms with Crippen LogP contribution in [0.25, 0.3) is 0 Å². The highest BCUT2D eigenvalue weighted by Crippen LogP contribution is 2.24. The Morgan fingerprint density at radius 3 is 2.79 bits per heavy atom. The van der Waals surface area contributed by atoms with Gasteiger partial charge in [-0.05, 0) is 33.1 Å². The van der Waals surface area contributed by atoms with Crippen molar-refractivity contribution < 1.29 is 5.11 Å². The lowest BCUT2D eigenvalue weighted by molar-refractivity contribution is 0.239. The molecular formula is C14H24N4O. The Kier molecular flexibility index (Phi) is 4.96. The Balaban J connectivity index is 2.21. The average molecular weight is 264 g/mol. The van der Waals surface area contributed by atoms with Crippen molar-refractivity contribution in [3.05, 3.63) is 12.4 Å². The lowest BCUT2D eigenvalue weighted by atomic mass is 10.0. The zero-order valence-electron chi connectivity index (χ0n) is 11.9. The van der Waals surface area contributed by atoms with E-state index in [2.05, 4.69) is 33.6 Å². The fourth-order valence-corrected chi connectivity index (χ4v) is 2.71. The molecule has 1 aromatic rings. The van der Waals surface area contributed by atoms with Gasteiger partial charge in [0, 0.05) is 25.7 Å². The van der Waals surface area contributed by atoms with E-state index in [1.807, 2.05) is 6.07 Å². The van der Waals surface area contributed by atoms with Crippen LogP contribution < -0.4 is 9.80 Å². The molecule has 1 aliphatic heterocycles. The smallest absolute Gasteiger partial charge is 0.134 e. The molecule has 1 saturated heterocycles. The summed E-state index contributed by atoms with van der Waals surface area (Å²) in [4.78, 5) is 13.2. The Labute approximate surface area is 115 Å². The Morgan fingerprint density at radius 2 is 2.11 bits per heavy atom. The van der Waals surface area contributed by atoms with Crippen molar-refractivity contribution in [1.29, 1.82) is 0 Å². The number of anilines is 2. The highest BCUT2D eigenvalue weighted by atomic mass is 16.3. The van der Waals surface area contributed by atoms with Gasteiger partial charge in [-0.3, -0.25) is 0 Å². The van der Waals surface area contributed by atoms with Crippen molar-refractivity contribution in [2.75, 3.05) is 36.0 Å². The van der Waals surface area contributed by atoms with Crippen molar-refractivity contribution in [3.8, 4) is 0 Å². The van der Waals surface area contributed by atoms with Crippen LogP contribution in [0, 0.1) is 0 Å². The number of hydrogen-bond donors (Lipinski definition) is 1. The summed E-state index contributed by atoms with van der Waals surface area (Å²) in [6, 6.07) is 2.24. The van der Waals surface area contributed by atoms with Crippen molar-refractivity contribution in [3.63, 3.8) is 0 Å². The van der Waals surface area contributed by atoms with E-state index in [4.69, 9.17) is 0 Å². The van der Waals surface area contributed by atoms with E-state index in [1.54, 1.807) is 6.33 Å². The number of piperidine rings is 1. The third kappa shape index (κ3) is 3.15. The molecule has 0 bridgehead atoms. The fraction of sp³-hybridized carbons (Fsp3) is 0.714. The maximum atomic E-state index is 9.50. The summed E-state index contributed by atoms with van der Waals surface area (Å²) in [5.41, 5.74) is 0. The first-order valence-electron chi connectivity index (χ1n) is 7.24. The lowest BCUT2D eigenvalue weighted by Gasteiger charge is -2.35. The van der Waals surface area contributed by atoms with E-state index in [1.165, 1.54) is 12.8 Å². The normalized spacial score (nSPS) is 19.5. The molecular weight excluding hydrogens is 240 g/mol. The molecule has 1 N–H and O–H groups in total. The van der Waals surface area contributed by atoms with Gasteiger partial charge in [0.15, 0.2) is 0 Å². The van der Waals surface area contributed by atoms with E-state index in [0.717, 1.165) is 37.7 Å². The summed E-state index contributed by atoms with van der Waals surface area (Å²) in [6.45, 7) is 7.31. The van der Waals surface area contributed by atoms with Gasteiger partial charge >= 0.3 is 0 Å². The lowest BCUT2D eigenvalue weighted by Crippen LogP contribution is -2.42. The second-order valence-electron chi connectivity index (χ2n) is 4.93. The quantitative estimate of drug-likeness (QED) is 0.877. The molecule has 0 radical (unpaired) electrons. The standard InChI is InChI=1S/C14H24N4O/c1-3-17(4-2)13-9-14(16-11-15-13)18-8-6-5-7-12(18)10-19/h9,11-12,19H,3-8,10H2,1-2H3. The molecule has 19 heavy (non-hydrogen) atoms. The molecule has 1 aromatic heterocycles. The first-order valence-corrected chi connectivity index (χ1v) is 7.24. The Bertz CT molecular complexity index is 395. The van der Waals surface area contributed by atoms with E-state index in [-0.39, 0.29) is 12.6 Å². The third-order valence-corrected chi connectivity index (χ3v) is 3.86. The van der Waals surface area contributed by atoms with Gasteiger partial charge in [0.25, 0.3) is 0 Å². The fourth-order valence-electron chi connectivity index (χ4n) is 2.71. The van der Waals surface area contributed by atoms with Gasteiger partial charge in [-0.15, -0.1) is 0 Å². The van der Waals surface area contributed by atoms with Crippen molar-refractivity contribution in [1.82, 2.24) is 9.97 Å². The van der Waals surface area contributed by atoms with Crippen LogP contribution in [0.5, 0.6) is 0 Å². The number of aromatic nitrogens is 2. The maximum Gasteiger partial charge on any atom is 0.134 e. The zero-order chi connectivity index (χ0) is 13.7. The molecule has 5 heteroatoms. The molecule has 0 aliphatic carbocycles. The van der Waals surface area contributed by atoms with Crippen LogP contribution in [-0.4, -0.2) is 47.4 Å². The Hall–Kier alpha value is -1.36. The molecule has 1 aliphatic rings. The predicted molar refractivity (Wildman–Crippen MR) is 77.7 cm³/mol. The highest BCUT2D eigenvalue weighted by Gasteiger charge is 2.23. The van der Waals surface area contributed by atoms with E-state index >= 15 is 0 Å². The number of aliphatic hydroxyl groups excluding tert-OH is 1. The minimum atomic E-state index is 0.199. The molecule has 1 fully saturated rings. The molecule has 0 aromatic carbocycles. The largest absolute Gasteiger partial charge is 0.394 e. The van der Waals surface area contributed by atoms with Gasteiger partial charge in [-0.25, -0.2) is 9.97 Å². The van der Waals surface area contributed by atoms with Crippen LogP contribution in [0.3, 0.4) is 0 Å².